The van der Waals surface area contributed by atoms with Crippen LogP contribution in [-0.4, -0.2) is 61.0 Å². The fourth-order valence-electron chi connectivity index (χ4n) is 4.39. The Morgan fingerprint density at radius 3 is 2.42 bits per heavy atom. The van der Waals surface area contributed by atoms with Gasteiger partial charge in [-0.2, -0.15) is 0 Å². The molecule has 2 atom stereocenters. The maximum atomic E-state index is 12.9. The van der Waals surface area contributed by atoms with Crippen LogP contribution in [0.1, 0.15) is 58.1 Å². The second kappa shape index (κ2) is 9.52. The fraction of sp³-hybridized carbons (Fsp3) is 0.400. The van der Waals surface area contributed by atoms with Gasteiger partial charge in [-0.3, -0.25) is 9.59 Å². The van der Waals surface area contributed by atoms with E-state index in [2.05, 4.69) is 10.3 Å². The second-order valence-corrected chi connectivity index (χ2v) is 8.69. The summed E-state index contributed by atoms with van der Waals surface area (Å²) in [6, 6.07) is 10.8. The first kappa shape index (κ1) is 22.6. The summed E-state index contributed by atoms with van der Waals surface area (Å²) in [5.41, 5.74) is 2.84. The van der Waals surface area contributed by atoms with Crippen LogP contribution in [0.15, 0.2) is 36.4 Å². The Bertz CT molecular complexity index is 1150. The molecule has 1 fully saturated rings. The van der Waals surface area contributed by atoms with Gasteiger partial charge in [-0.1, -0.05) is 6.42 Å². The number of carbonyl (C=O) groups excluding carboxylic acids is 2. The average Bonchev–Trinajstić information content (AvgIpc) is 3.26. The predicted molar refractivity (Wildman–Crippen MR) is 126 cm³/mol. The number of methoxy groups -OCH3 is 2. The van der Waals surface area contributed by atoms with Gasteiger partial charge in [-0.05, 0) is 49.6 Å². The van der Waals surface area contributed by atoms with Gasteiger partial charge >= 0.3 is 0 Å². The molecule has 2 amide bonds. The number of benzene rings is 2. The van der Waals surface area contributed by atoms with Crippen molar-refractivity contribution < 1.29 is 19.1 Å². The summed E-state index contributed by atoms with van der Waals surface area (Å²) in [6.45, 7) is 0. The molecule has 0 unspecified atom stereocenters. The molecule has 0 radical (unpaired) electrons. The number of carbonyl (C=O) groups is 2. The van der Waals surface area contributed by atoms with Crippen molar-refractivity contribution in [2.45, 2.75) is 37.6 Å². The molecule has 1 saturated carbocycles. The van der Waals surface area contributed by atoms with Crippen LogP contribution >= 0.6 is 0 Å². The lowest BCUT2D eigenvalue weighted by atomic mass is 9.85. The molecule has 0 aliphatic heterocycles. The first-order chi connectivity index (χ1) is 15.9. The number of H-pyrrole nitrogens is 1. The minimum atomic E-state index is -0.144. The van der Waals surface area contributed by atoms with E-state index < -0.39 is 0 Å². The lowest BCUT2D eigenvalue weighted by Crippen LogP contribution is -2.38. The van der Waals surface area contributed by atoms with Gasteiger partial charge in [-0.15, -0.1) is 0 Å². The van der Waals surface area contributed by atoms with Crippen molar-refractivity contribution >= 4 is 22.8 Å². The smallest absolute Gasteiger partial charge is 0.253 e. The topological polar surface area (TPSA) is 96.6 Å². The van der Waals surface area contributed by atoms with Crippen LogP contribution in [0.4, 0.5) is 0 Å². The van der Waals surface area contributed by atoms with Gasteiger partial charge in [0.1, 0.15) is 17.3 Å². The fourth-order valence-corrected chi connectivity index (χ4v) is 4.39. The molecule has 1 aromatic heterocycles. The van der Waals surface area contributed by atoms with Crippen molar-refractivity contribution in [3.05, 3.63) is 53.3 Å². The Labute approximate surface area is 193 Å². The number of fused-ring (bicyclic) bond motifs is 1. The van der Waals surface area contributed by atoms with Gasteiger partial charge < -0.3 is 24.7 Å². The molecule has 0 bridgehead atoms. The van der Waals surface area contributed by atoms with Crippen LogP contribution in [0, 0.1) is 0 Å². The summed E-state index contributed by atoms with van der Waals surface area (Å²) in [6.07, 6.45) is 3.72. The SMILES string of the molecule is COc1cc(OC)cc(C(=O)N[C@H]2CCC[C@H](c3nc4ccc(C(=O)N(C)C)cc4[nH]3)C2)c1. The Morgan fingerprint density at radius 1 is 1.03 bits per heavy atom. The molecule has 174 valence electrons. The van der Waals surface area contributed by atoms with E-state index >= 15 is 0 Å². The van der Waals surface area contributed by atoms with Crippen molar-refractivity contribution in [1.82, 2.24) is 20.2 Å². The molecule has 1 heterocycles. The Balaban J connectivity index is 1.48. The van der Waals surface area contributed by atoms with Gasteiger partial charge in [-0.25, -0.2) is 4.98 Å². The quantitative estimate of drug-likeness (QED) is 0.596. The Hall–Kier alpha value is -3.55. The largest absolute Gasteiger partial charge is 0.497 e. The van der Waals surface area contributed by atoms with Crippen LogP contribution in [0.2, 0.25) is 0 Å². The van der Waals surface area contributed by atoms with Crippen LogP contribution in [0.3, 0.4) is 0 Å². The van der Waals surface area contributed by atoms with Crippen molar-refractivity contribution in [2.75, 3.05) is 28.3 Å². The van der Waals surface area contributed by atoms with Crippen molar-refractivity contribution in [2.24, 2.45) is 0 Å². The molecule has 33 heavy (non-hydrogen) atoms. The summed E-state index contributed by atoms with van der Waals surface area (Å²) >= 11 is 0. The lowest BCUT2D eigenvalue weighted by Gasteiger charge is -2.28. The number of nitrogens with one attached hydrogen (secondary N) is 2. The average molecular weight is 451 g/mol. The highest BCUT2D eigenvalue weighted by Crippen LogP contribution is 2.33. The van der Waals surface area contributed by atoms with E-state index in [-0.39, 0.29) is 23.8 Å². The highest BCUT2D eigenvalue weighted by atomic mass is 16.5. The molecule has 2 aromatic carbocycles. The van der Waals surface area contributed by atoms with Crippen molar-refractivity contribution in [3.8, 4) is 11.5 Å². The van der Waals surface area contributed by atoms with Crippen LogP contribution in [0.5, 0.6) is 11.5 Å². The van der Waals surface area contributed by atoms with E-state index in [1.807, 2.05) is 18.2 Å². The predicted octanol–water partition coefficient (Wildman–Crippen LogP) is 3.74. The number of aromatic nitrogens is 2. The third-order valence-corrected chi connectivity index (χ3v) is 6.16. The van der Waals surface area contributed by atoms with Crippen LogP contribution in [0.25, 0.3) is 11.0 Å². The molecule has 2 N–H and O–H groups in total. The summed E-state index contributed by atoms with van der Waals surface area (Å²) < 4.78 is 10.6. The minimum Gasteiger partial charge on any atom is -0.497 e. The number of rotatable bonds is 6. The molecule has 0 spiro atoms. The zero-order chi connectivity index (χ0) is 23.5. The standard InChI is InChI=1S/C25H30N4O4/c1-29(2)25(31)16-8-9-21-22(13-16)28-23(27-21)15-6-5-7-18(10-15)26-24(30)17-11-19(32-3)14-20(12-17)33-4/h8-9,11-15,18H,5-7,10H2,1-4H3,(H,26,30)(H,27,28)/t15-,18-/m0/s1. The molecule has 4 rings (SSSR count). The highest BCUT2D eigenvalue weighted by molar-refractivity contribution is 5.97. The Morgan fingerprint density at radius 2 is 1.76 bits per heavy atom. The van der Waals surface area contributed by atoms with E-state index in [9.17, 15) is 9.59 Å². The summed E-state index contributed by atoms with van der Waals surface area (Å²) in [7, 11) is 6.61. The Kier molecular flexibility index (Phi) is 6.53. The highest BCUT2D eigenvalue weighted by Gasteiger charge is 2.27. The van der Waals surface area contributed by atoms with Crippen LogP contribution < -0.4 is 14.8 Å². The van der Waals surface area contributed by atoms with Crippen LogP contribution in [-0.2, 0) is 0 Å². The maximum absolute atomic E-state index is 12.9. The molecule has 1 aliphatic carbocycles. The zero-order valence-corrected chi connectivity index (χ0v) is 19.5. The number of hydrogen-bond donors (Lipinski definition) is 2. The molecule has 3 aromatic rings. The normalized spacial score (nSPS) is 18.1. The zero-order valence-electron chi connectivity index (χ0n) is 19.5. The maximum Gasteiger partial charge on any atom is 0.253 e. The van der Waals surface area contributed by atoms with Gasteiger partial charge in [0.25, 0.3) is 11.8 Å². The summed E-state index contributed by atoms with van der Waals surface area (Å²) in [5.74, 6) is 2.09. The molecule has 8 heteroatoms. The lowest BCUT2D eigenvalue weighted by molar-refractivity contribution is 0.0827. The van der Waals surface area contributed by atoms with Gasteiger partial charge in [0.05, 0.1) is 25.3 Å². The second-order valence-electron chi connectivity index (χ2n) is 8.69. The van der Waals surface area contributed by atoms with Gasteiger partial charge in [0.2, 0.25) is 0 Å². The number of nitrogens with zero attached hydrogens (tertiary/aromatic N) is 2. The third kappa shape index (κ3) is 4.94. The van der Waals surface area contributed by atoms with Crippen molar-refractivity contribution in [1.29, 1.82) is 0 Å². The number of hydrogen-bond acceptors (Lipinski definition) is 5. The molecular formula is C25H30N4O4. The first-order valence-electron chi connectivity index (χ1n) is 11.1. The molecular weight excluding hydrogens is 420 g/mol. The van der Waals surface area contributed by atoms with Gasteiger partial charge in [0.15, 0.2) is 0 Å². The van der Waals surface area contributed by atoms with E-state index in [1.165, 1.54) is 0 Å². The number of ether oxygens (including phenoxy) is 2. The molecule has 8 nitrogen and oxygen atoms in total. The van der Waals surface area contributed by atoms with E-state index in [0.29, 0.717) is 22.6 Å². The van der Waals surface area contributed by atoms with E-state index in [0.717, 1.165) is 42.5 Å². The molecule has 0 saturated heterocycles. The van der Waals surface area contributed by atoms with Crippen molar-refractivity contribution in [3.63, 3.8) is 0 Å². The molecule has 1 aliphatic rings. The monoisotopic (exact) mass is 450 g/mol. The van der Waals surface area contributed by atoms with E-state index in [1.54, 1.807) is 51.4 Å². The number of aromatic amines is 1. The summed E-state index contributed by atoms with van der Waals surface area (Å²) in [4.78, 5) is 34.9. The minimum absolute atomic E-state index is 0.0392. The first-order valence-corrected chi connectivity index (χ1v) is 11.1. The number of imidazole rings is 1. The third-order valence-electron chi connectivity index (χ3n) is 6.16. The van der Waals surface area contributed by atoms with E-state index in [4.69, 9.17) is 14.5 Å². The summed E-state index contributed by atoms with van der Waals surface area (Å²) in [5, 5.41) is 3.17. The van der Waals surface area contributed by atoms with Gasteiger partial charge in [0, 0.05) is 43.2 Å². The number of amides is 2.